The van der Waals surface area contributed by atoms with Crippen molar-refractivity contribution in [2.75, 3.05) is 13.1 Å². The fraction of sp³-hybridized carbons (Fsp3) is 0.391. The molecule has 5 nitrogen and oxygen atoms in total. The van der Waals surface area contributed by atoms with Crippen LogP contribution < -0.4 is 10.6 Å². The van der Waals surface area contributed by atoms with E-state index in [1.165, 1.54) is 5.56 Å². The van der Waals surface area contributed by atoms with E-state index in [1.807, 2.05) is 37.3 Å². The summed E-state index contributed by atoms with van der Waals surface area (Å²) >= 11 is 0. The van der Waals surface area contributed by atoms with Gasteiger partial charge in [0.2, 0.25) is 5.91 Å². The molecule has 2 amide bonds. The Hall–Kier alpha value is -2.66. The van der Waals surface area contributed by atoms with Gasteiger partial charge in [-0.2, -0.15) is 0 Å². The zero-order valence-corrected chi connectivity index (χ0v) is 17.1. The largest absolute Gasteiger partial charge is 0.352 e. The van der Waals surface area contributed by atoms with E-state index in [0.29, 0.717) is 12.1 Å². The van der Waals surface area contributed by atoms with E-state index in [2.05, 4.69) is 41.5 Å². The van der Waals surface area contributed by atoms with Gasteiger partial charge in [0, 0.05) is 31.1 Å². The number of nitrogens with one attached hydrogen (secondary N) is 2. The standard InChI is InChI=1S/C23H31N3O2/c1-4-26(5-2)17-21-14-10-9-13-20(21)16-24-22(27)15-18(3)25-23(28)19-11-7-6-8-12-19/h6-14,18H,4-5,15-17H2,1-3H3,(H,24,27)(H,25,28). The minimum atomic E-state index is -0.237. The lowest BCUT2D eigenvalue weighted by Crippen LogP contribution is -2.37. The first-order chi connectivity index (χ1) is 13.5. The molecule has 2 aromatic rings. The number of amides is 2. The first kappa shape index (κ1) is 21.6. The van der Waals surface area contributed by atoms with E-state index in [4.69, 9.17) is 0 Å². The molecule has 0 radical (unpaired) electrons. The Kier molecular flexibility index (Phi) is 8.69. The molecule has 28 heavy (non-hydrogen) atoms. The molecule has 150 valence electrons. The van der Waals surface area contributed by atoms with Crippen molar-refractivity contribution in [1.29, 1.82) is 0 Å². The molecule has 0 saturated heterocycles. The quantitative estimate of drug-likeness (QED) is 0.663. The van der Waals surface area contributed by atoms with Crippen LogP contribution in [-0.2, 0) is 17.9 Å². The lowest BCUT2D eigenvalue weighted by molar-refractivity contribution is -0.121. The van der Waals surface area contributed by atoms with E-state index in [1.54, 1.807) is 12.1 Å². The Morgan fingerprint density at radius 2 is 1.54 bits per heavy atom. The summed E-state index contributed by atoms with van der Waals surface area (Å²) in [5.41, 5.74) is 2.96. The Morgan fingerprint density at radius 1 is 0.929 bits per heavy atom. The molecule has 2 N–H and O–H groups in total. The van der Waals surface area contributed by atoms with Gasteiger partial charge in [-0.25, -0.2) is 0 Å². The Bertz CT molecular complexity index is 757. The van der Waals surface area contributed by atoms with Gasteiger partial charge in [0.15, 0.2) is 0 Å². The fourth-order valence-electron chi connectivity index (χ4n) is 3.06. The maximum atomic E-state index is 12.3. The molecule has 0 bridgehead atoms. The molecule has 0 aliphatic carbocycles. The highest BCUT2D eigenvalue weighted by Crippen LogP contribution is 2.12. The van der Waals surface area contributed by atoms with Crippen LogP contribution in [0.15, 0.2) is 54.6 Å². The van der Waals surface area contributed by atoms with Gasteiger partial charge in [-0.1, -0.05) is 56.3 Å². The van der Waals surface area contributed by atoms with E-state index in [9.17, 15) is 9.59 Å². The minimum Gasteiger partial charge on any atom is -0.352 e. The fourth-order valence-corrected chi connectivity index (χ4v) is 3.06. The van der Waals surface area contributed by atoms with Crippen LogP contribution in [0.2, 0.25) is 0 Å². The van der Waals surface area contributed by atoms with Gasteiger partial charge in [-0.15, -0.1) is 0 Å². The average molecular weight is 382 g/mol. The molecule has 1 atom stereocenters. The molecule has 5 heteroatoms. The molecule has 2 rings (SSSR count). The van der Waals surface area contributed by atoms with Crippen molar-refractivity contribution in [1.82, 2.24) is 15.5 Å². The summed E-state index contributed by atoms with van der Waals surface area (Å²) in [4.78, 5) is 26.8. The summed E-state index contributed by atoms with van der Waals surface area (Å²) in [5.74, 6) is -0.232. The Balaban J connectivity index is 1.84. The van der Waals surface area contributed by atoms with Crippen molar-refractivity contribution in [2.24, 2.45) is 0 Å². The highest BCUT2D eigenvalue weighted by molar-refractivity contribution is 5.94. The second-order valence-electron chi connectivity index (χ2n) is 6.95. The number of benzene rings is 2. The summed E-state index contributed by atoms with van der Waals surface area (Å²) in [5, 5.41) is 5.86. The Morgan fingerprint density at radius 3 is 2.18 bits per heavy atom. The monoisotopic (exact) mass is 381 g/mol. The molecule has 0 aliphatic heterocycles. The predicted octanol–water partition coefficient (Wildman–Crippen LogP) is 3.35. The normalized spacial score (nSPS) is 11.9. The van der Waals surface area contributed by atoms with Crippen LogP contribution in [0.5, 0.6) is 0 Å². The second-order valence-corrected chi connectivity index (χ2v) is 6.95. The highest BCUT2D eigenvalue weighted by Gasteiger charge is 2.14. The Labute approximate surface area is 168 Å². The lowest BCUT2D eigenvalue weighted by Gasteiger charge is -2.20. The van der Waals surface area contributed by atoms with Gasteiger partial charge in [0.05, 0.1) is 0 Å². The summed E-state index contributed by atoms with van der Waals surface area (Å²) in [6.45, 7) is 9.51. The van der Waals surface area contributed by atoms with Crippen LogP contribution >= 0.6 is 0 Å². The topological polar surface area (TPSA) is 61.4 Å². The van der Waals surface area contributed by atoms with E-state index in [0.717, 1.165) is 25.2 Å². The second kappa shape index (κ2) is 11.2. The minimum absolute atomic E-state index is 0.0708. The molecule has 0 aliphatic rings. The molecule has 0 heterocycles. The molecular formula is C23H31N3O2. The smallest absolute Gasteiger partial charge is 0.251 e. The summed E-state index contributed by atoms with van der Waals surface area (Å²) in [7, 11) is 0. The maximum Gasteiger partial charge on any atom is 0.251 e. The van der Waals surface area contributed by atoms with Crippen molar-refractivity contribution in [3.05, 3.63) is 71.3 Å². The summed E-state index contributed by atoms with van der Waals surface area (Å²) in [6.07, 6.45) is 0.247. The van der Waals surface area contributed by atoms with Crippen LogP contribution in [0, 0.1) is 0 Å². The van der Waals surface area contributed by atoms with Crippen LogP contribution in [0.4, 0.5) is 0 Å². The van der Waals surface area contributed by atoms with Gasteiger partial charge in [0.1, 0.15) is 0 Å². The van der Waals surface area contributed by atoms with Crippen LogP contribution in [0.25, 0.3) is 0 Å². The first-order valence-electron chi connectivity index (χ1n) is 9.95. The maximum absolute atomic E-state index is 12.3. The van der Waals surface area contributed by atoms with E-state index >= 15 is 0 Å². The third-order valence-electron chi connectivity index (χ3n) is 4.79. The van der Waals surface area contributed by atoms with Gasteiger partial charge in [0.25, 0.3) is 5.91 Å². The third-order valence-corrected chi connectivity index (χ3v) is 4.79. The van der Waals surface area contributed by atoms with Gasteiger partial charge in [-0.05, 0) is 43.3 Å². The summed E-state index contributed by atoms with van der Waals surface area (Å²) < 4.78 is 0. The van der Waals surface area contributed by atoms with Crippen molar-refractivity contribution in [3.8, 4) is 0 Å². The van der Waals surface area contributed by atoms with E-state index < -0.39 is 0 Å². The SMILES string of the molecule is CCN(CC)Cc1ccccc1CNC(=O)CC(C)NC(=O)c1ccccc1. The van der Waals surface area contributed by atoms with Crippen LogP contribution in [-0.4, -0.2) is 35.8 Å². The highest BCUT2D eigenvalue weighted by atomic mass is 16.2. The number of carbonyl (C=O) groups excluding carboxylic acids is 2. The number of nitrogens with zero attached hydrogens (tertiary/aromatic N) is 1. The van der Waals surface area contributed by atoms with Gasteiger partial charge >= 0.3 is 0 Å². The lowest BCUT2D eigenvalue weighted by atomic mass is 10.1. The summed E-state index contributed by atoms with van der Waals surface area (Å²) in [6, 6.07) is 17.0. The third kappa shape index (κ3) is 6.82. The molecule has 0 aromatic heterocycles. The first-order valence-corrected chi connectivity index (χ1v) is 9.95. The molecule has 0 saturated carbocycles. The van der Waals surface area contributed by atoms with Gasteiger partial charge < -0.3 is 10.6 Å². The molecule has 0 fully saturated rings. The predicted molar refractivity (Wildman–Crippen MR) is 113 cm³/mol. The molecular weight excluding hydrogens is 350 g/mol. The van der Waals surface area contributed by atoms with Crippen molar-refractivity contribution >= 4 is 11.8 Å². The van der Waals surface area contributed by atoms with Gasteiger partial charge in [-0.3, -0.25) is 14.5 Å². The zero-order valence-electron chi connectivity index (χ0n) is 17.1. The number of hydrogen-bond donors (Lipinski definition) is 2. The van der Waals surface area contributed by atoms with E-state index in [-0.39, 0.29) is 24.3 Å². The molecule has 1 unspecified atom stereocenters. The van der Waals surface area contributed by atoms with Crippen LogP contribution in [0.3, 0.4) is 0 Å². The molecule has 2 aromatic carbocycles. The number of rotatable bonds is 10. The molecule has 0 spiro atoms. The van der Waals surface area contributed by atoms with Crippen molar-refractivity contribution < 1.29 is 9.59 Å². The zero-order chi connectivity index (χ0) is 20.4. The number of carbonyl (C=O) groups is 2. The van der Waals surface area contributed by atoms with Crippen molar-refractivity contribution in [2.45, 2.75) is 46.3 Å². The van der Waals surface area contributed by atoms with Crippen molar-refractivity contribution in [3.63, 3.8) is 0 Å². The van der Waals surface area contributed by atoms with Crippen LogP contribution in [0.1, 0.15) is 48.7 Å². The number of hydrogen-bond acceptors (Lipinski definition) is 3. The average Bonchev–Trinajstić information content (AvgIpc) is 2.71.